The number of hydrogen-bond acceptors (Lipinski definition) is 3. The molecule has 0 aromatic heterocycles. The maximum atomic E-state index is 10.5. The van der Waals surface area contributed by atoms with Gasteiger partial charge in [-0.2, -0.15) is 0 Å². The molecule has 0 aliphatic carbocycles. The van der Waals surface area contributed by atoms with Crippen molar-refractivity contribution in [3.63, 3.8) is 0 Å². The summed E-state index contributed by atoms with van der Waals surface area (Å²) in [6.45, 7) is 0.110. The first kappa shape index (κ1) is 8.79. The number of terminal acetylenes is 1. The van der Waals surface area contributed by atoms with Crippen LogP contribution in [-0.2, 0) is 9.47 Å². The lowest BCUT2D eigenvalue weighted by Gasteiger charge is -2.01. The summed E-state index contributed by atoms with van der Waals surface area (Å²) in [7, 11) is 1.46. The molecule has 0 bridgehead atoms. The van der Waals surface area contributed by atoms with Crippen molar-refractivity contribution in [1.82, 2.24) is 5.32 Å². The Labute approximate surface area is 59.5 Å². The Hall–Kier alpha value is -1.21. The normalized spacial score (nSPS) is 8.00. The first-order chi connectivity index (χ1) is 4.81. The van der Waals surface area contributed by atoms with Gasteiger partial charge in [-0.05, 0) is 0 Å². The van der Waals surface area contributed by atoms with Gasteiger partial charge in [0.2, 0.25) is 0 Å². The third-order valence-corrected chi connectivity index (χ3v) is 0.647. The molecule has 0 unspecified atom stereocenters. The first-order valence-electron chi connectivity index (χ1n) is 2.64. The van der Waals surface area contributed by atoms with Crippen molar-refractivity contribution >= 4 is 6.09 Å². The van der Waals surface area contributed by atoms with Crippen LogP contribution in [0, 0.1) is 12.3 Å². The zero-order valence-electron chi connectivity index (χ0n) is 5.72. The minimum atomic E-state index is -0.570. The molecule has 0 heterocycles. The van der Waals surface area contributed by atoms with E-state index in [1.54, 1.807) is 0 Å². The molecule has 56 valence electrons. The van der Waals surface area contributed by atoms with Crippen LogP contribution in [0.3, 0.4) is 0 Å². The molecule has 0 spiro atoms. The summed E-state index contributed by atoms with van der Waals surface area (Å²) < 4.78 is 8.96. The number of alkyl carbamates (subject to hydrolysis) is 1. The second-order valence-electron chi connectivity index (χ2n) is 1.39. The van der Waals surface area contributed by atoms with Crippen molar-refractivity contribution in [3.8, 4) is 12.3 Å². The van der Waals surface area contributed by atoms with Gasteiger partial charge in [-0.1, -0.05) is 5.92 Å². The van der Waals surface area contributed by atoms with E-state index in [0.29, 0.717) is 0 Å². The van der Waals surface area contributed by atoms with Gasteiger partial charge in [0.15, 0.2) is 6.61 Å². The topological polar surface area (TPSA) is 47.6 Å². The van der Waals surface area contributed by atoms with Crippen molar-refractivity contribution in [2.45, 2.75) is 0 Å². The van der Waals surface area contributed by atoms with Gasteiger partial charge in [-0.15, -0.1) is 6.42 Å². The molecule has 0 aliphatic rings. The summed E-state index contributed by atoms with van der Waals surface area (Å²) in [6.07, 6.45) is 4.25. The highest BCUT2D eigenvalue weighted by atomic mass is 16.6. The molecule has 0 rings (SSSR count). The molecule has 0 saturated heterocycles. The van der Waals surface area contributed by atoms with Crippen LogP contribution in [0.5, 0.6) is 0 Å². The van der Waals surface area contributed by atoms with Gasteiger partial charge in [0.25, 0.3) is 0 Å². The SMILES string of the molecule is C#CCOC(=O)NCOC. The number of rotatable bonds is 3. The number of carbonyl (C=O) groups excluding carboxylic acids is 1. The van der Waals surface area contributed by atoms with Crippen molar-refractivity contribution in [2.24, 2.45) is 0 Å². The molecule has 1 N–H and O–H groups in total. The average molecular weight is 143 g/mol. The fourth-order valence-electron chi connectivity index (χ4n) is 0.289. The predicted octanol–water partition coefficient (Wildman–Crippen LogP) is -0.0503. The molecule has 0 aromatic carbocycles. The Kier molecular flexibility index (Phi) is 5.20. The van der Waals surface area contributed by atoms with Crippen LogP contribution in [0.2, 0.25) is 0 Å². The van der Waals surface area contributed by atoms with E-state index < -0.39 is 6.09 Å². The van der Waals surface area contributed by atoms with E-state index in [2.05, 4.69) is 20.7 Å². The third-order valence-electron chi connectivity index (χ3n) is 0.647. The lowest BCUT2D eigenvalue weighted by molar-refractivity contribution is 0.129. The van der Waals surface area contributed by atoms with Crippen LogP contribution in [0.15, 0.2) is 0 Å². The molecule has 0 atom stereocenters. The Morgan fingerprint density at radius 1 is 1.80 bits per heavy atom. The quantitative estimate of drug-likeness (QED) is 0.445. The van der Waals surface area contributed by atoms with E-state index in [9.17, 15) is 4.79 Å². The summed E-state index contributed by atoms with van der Waals surface area (Å²) in [5, 5.41) is 2.29. The second kappa shape index (κ2) is 5.92. The van der Waals surface area contributed by atoms with E-state index in [4.69, 9.17) is 6.42 Å². The minimum absolute atomic E-state index is 0.0183. The molecule has 0 radical (unpaired) electrons. The van der Waals surface area contributed by atoms with Gasteiger partial charge in [-0.3, -0.25) is 5.32 Å². The van der Waals surface area contributed by atoms with E-state index in [-0.39, 0.29) is 13.3 Å². The smallest absolute Gasteiger partial charge is 0.409 e. The monoisotopic (exact) mass is 143 g/mol. The minimum Gasteiger partial charge on any atom is -0.436 e. The molecule has 4 nitrogen and oxygen atoms in total. The Morgan fingerprint density at radius 3 is 3.00 bits per heavy atom. The lowest BCUT2D eigenvalue weighted by atomic mass is 10.8. The van der Waals surface area contributed by atoms with Gasteiger partial charge in [-0.25, -0.2) is 4.79 Å². The molecule has 10 heavy (non-hydrogen) atoms. The Morgan fingerprint density at radius 2 is 2.50 bits per heavy atom. The van der Waals surface area contributed by atoms with Crippen molar-refractivity contribution in [3.05, 3.63) is 0 Å². The highest BCUT2D eigenvalue weighted by Crippen LogP contribution is 1.74. The summed E-state index contributed by atoms with van der Waals surface area (Å²) in [5.74, 6) is 2.15. The van der Waals surface area contributed by atoms with E-state index >= 15 is 0 Å². The maximum absolute atomic E-state index is 10.5. The van der Waals surface area contributed by atoms with Crippen LogP contribution < -0.4 is 5.32 Å². The molecule has 0 aromatic rings. The molecule has 1 amide bonds. The maximum Gasteiger partial charge on any atom is 0.409 e. The average Bonchev–Trinajstić information content (AvgIpc) is 1.97. The van der Waals surface area contributed by atoms with Crippen LogP contribution >= 0.6 is 0 Å². The van der Waals surface area contributed by atoms with Crippen LogP contribution in [0.4, 0.5) is 4.79 Å². The van der Waals surface area contributed by atoms with Crippen molar-refractivity contribution in [1.29, 1.82) is 0 Å². The largest absolute Gasteiger partial charge is 0.436 e. The Bertz CT molecular complexity index is 138. The fraction of sp³-hybridized carbons (Fsp3) is 0.500. The molecular formula is C6H9NO3. The van der Waals surface area contributed by atoms with Gasteiger partial charge in [0, 0.05) is 7.11 Å². The lowest BCUT2D eigenvalue weighted by Crippen LogP contribution is -2.26. The molecular weight excluding hydrogens is 134 g/mol. The fourth-order valence-corrected chi connectivity index (χ4v) is 0.289. The van der Waals surface area contributed by atoms with Crippen LogP contribution in [-0.4, -0.2) is 26.5 Å². The van der Waals surface area contributed by atoms with Gasteiger partial charge < -0.3 is 9.47 Å². The number of hydrogen-bond donors (Lipinski definition) is 1. The van der Waals surface area contributed by atoms with Crippen molar-refractivity contribution in [2.75, 3.05) is 20.4 Å². The van der Waals surface area contributed by atoms with E-state index in [0.717, 1.165) is 0 Å². The first-order valence-corrected chi connectivity index (χ1v) is 2.64. The highest BCUT2D eigenvalue weighted by Gasteiger charge is 1.96. The number of methoxy groups -OCH3 is 1. The van der Waals surface area contributed by atoms with Gasteiger partial charge in [0.05, 0.1) is 0 Å². The summed E-state index contributed by atoms with van der Waals surface area (Å²) in [4.78, 5) is 10.5. The summed E-state index contributed by atoms with van der Waals surface area (Å²) >= 11 is 0. The molecule has 4 heteroatoms. The predicted molar refractivity (Wildman–Crippen MR) is 35.2 cm³/mol. The molecule has 0 saturated carbocycles. The van der Waals surface area contributed by atoms with Crippen molar-refractivity contribution < 1.29 is 14.3 Å². The standard InChI is InChI=1S/C6H9NO3/c1-3-4-10-6(8)7-5-9-2/h1H,4-5H2,2H3,(H,7,8). The molecule has 0 aliphatic heterocycles. The molecule has 0 fully saturated rings. The second-order valence-corrected chi connectivity index (χ2v) is 1.39. The number of carbonyl (C=O) groups is 1. The summed E-state index contributed by atoms with van der Waals surface area (Å²) in [5.41, 5.74) is 0. The summed E-state index contributed by atoms with van der Waals surface area (Å²) in [6, 6.07) is 0. The van der Waals surface area contributed by atoms with E-state index in [1.807, 2.05) is 0 Å². The highest BCUT2D eigenvalue weighted by molar-refractivity contribution is 5.67. The number of ether oxygens (including phenoxy) is 2. The Balaban J connectivity index is 3.19. The zero-order chi connectivity index (χ0) is 7.82. The zero-order valence-corrected chi connectivity index (χ0v) is 5.72. The number of amides is 1. The van der Waals surface area contributed by atoms with E-state index in [1.165, 1.54) is 7.11 Å². The van der Waals surface area contributed by atoms with Crippen LogP contribution in [0.25, 0.3) is 0 Å². The van der Waals surface area contributed by atoms with Gasteiger partial charge in [0.1, 0.15) is 6.73 Å². The number of nitrogens with one attached hydrogen (secondary N) is 1. The van der Waals surface area contributed by atoms with Crippen LogP contribution in [0.1, 0.15) is 0 Å². The third kappa shape index (κ3) is 4.94. The van der Waals surface area contributed by atoms with Gasteiger partial charge >= 0.3 is 6.09 Å².